The van der Waals surface area contributed by atoms with E-state index < -0.39 is 35.7 Å². The molecule has 0 unspecified atom stereocenters. The molecule has 4 N–H and O–H groups in total. The van der Waals surface area contributed by atoms with Gasteiger partial charge in [-0.15, -0.1) is 0 Å². The van der Waals surface area contributed by atoms with Crippen LogP contribution in [0.25, 0.3) is 11.1 Å². The molecule has 0 bridgehead atoms. The lowest BCUT2D eigenvalue weighted by Crippen LogP contribution is -2.31. The molecule has 8 heteroatoms. The molecule has 2 aromatic carbocycles. The fourth-order valence-electron chi connectivity index (χ4n) is 3.15. The Labute approximate surface area is 158 Å². The summed E-state index contributed by atoms with van der Waals surface area (Å²) in [4.78, 5) is 24.5. The van der Waals surface area contributed by atoms with E-state index in [-0.39, 0.29) is 22.6 Å². The summed E-state index contributed by atoms with van der Waals surface area (Å²) in [5, 5.41) is 39.8. The van der Waals surface area contributed by atoms with Gasteiger partial charge < -0.3 is 29.9 Å². The Hall–Kier alpha value is -3.94. The van der Waals surface area contributed by atoms with Crippen LogP contribution in [0.4, 0.5) is 0 Å². The fraction of sp³-hybridized carbons (Fsp3) is 0.100. The van der Waals surface area contributed by atoms with Gasteiger partial charge >= 0.3 is 11.9 Å². The number of phenols is 2. The quantitative estimate of drug-likeness (QED) is 0.594. The van der Waals surface area contributed by atoms with E-state index in [4.69, 9.17) is 9.47 Å². The van der Waals surface area contributed by atoms with Crippen LogP contribution in [-0.2, 0) is 19.1 Å². The monoisotopic (exact) mass is 382 g/mol. The number of phenolic OH excluding ortho intramolecular Hbond substituents is 2. The summed E-state index contributed by atoms with van der Waals surface area (Å²) in [5.74, 6) is -2.73. The van der Waals surface area contributed by atoms with Gasteiger partial charge in [-0.2, -0.15) is 0 Å². The highest BCUT2D eigenvalue weighted by molar-refractivity contribution is 6.21. The summed E-state index contributed by atoms with van der Waals surface area (Å²) in [6.07, 6.45) is -2.82. The van der Waals surface area contributed by atoms with Crippen molar-refractivity contribution in [2.24, 2.45) is 0 Å². The Bertz CT molecular complexity index is 945. The van der Waals surface area contributed by atoms with Crippen LogP contribution in [0.15, 0.2) is 60.0 Å². The van der Waals surface area contributed by atoms with Crippen molar-refractivity contribution in [3.05, 3.63) is 71.2 Å². The van der Waals surface area contributed by atoms with E-state index in [9.17, 15) is 30.0 Å². The van der Waals surface area contributed by atoms with E-state index in [1.807, 2.05) is 0 Å². The van der Waals surface area contributed by atoms with Gasteiger partial charge in [0.05, 0.1) is 0 Å². The van der Waals surface area contributed by atoms with Crippen molar-refractivity contribution in [1.82, 2.24) is 0 Å². The average molecular weight is 382 g/mol. The number of hydrogen-bond donors (Lipinski definition) is 4. The molecule has 2 aromatic rings. The minimum atomic E-state index is -1.41. The number of cyclic esters (lactones) is 2. The average Bonchev–Trinajstić information content (AvgIpc) is 3.12. The van der Waals surface area contributed by atoms with Gasteiger partial charge in [0.1, 0.15) is 22.6 Å². The van der Waals surface area contributed by atoms with Gasteiger partial charge in [-0.3, -0.25) is 0 Å². The van der Waals surface area contributed by atoms with Crippen molar-refractivity contribution in [2.75, 3.05) is 0 Å². The SMILES string of the molecule is O=C1O[C@H]([C@H]2OC(=O)C(c3ccc(O)cc3)=C2O)C(O)=C1c1ccc(O)cc1. The molecular formula is C20H14O8. The molecular weight excluding hydrogens is 368 g/mol. The molecule has 0 spiro atoms. The van der Waals surface area contributed by atoms with Crippen LogP contribution < -0.4 is 0 Å². The van der Waals surface area contributed by atoms with Crippen molar-refractivity contribution >= 4 is 23.1 Å². The highest BCUT2D eigenvalue weighted by Crippen LogP contribution is 2.38. The van der Waals surface area contributed by atoms with Crippen LogP contribution in [0.5, 0.6) is 11.5 Å². The van der Waals surface area contributed by atoms with E-state index in [1.54, 1.807) is 0 Å². The second kappa shape index (κ2) is 6.34. The van der Waals surface area contributed by atoms with Crippen molar-refractivity contribution in [3.8, 4) is 11.5 Å². The predicted octanol–water partition coefficient (Wildman–Crippen LogP) is 2.19. The summed E-state index contributed by atoms with van der Waals surface area (Å²) in [5.41, 5.74) is 0.308. The third-order valence-electron chi connectivity index (χ3n) is 4.51. The predicted molar refractivity (Wildman–Crippen MR) is 95.1 cm³/mol. The first-order valence-electron chi connectivity index (χ1n) is 8.24. The standard InChI is InChI=1S/C20H14O8/c21-11-5-1-9(2-6-11)13-15(23)17(27-19(13)25)18-16(24)14(20(26)28-18)10-3-7-12(22)8-4-10/h1-8,17-18,21-24H/t17-,18-/m0/s1. The number of aliphatic hydroxyl groups is 2. The molecule has 0 amide bonds. The maximum absolute atomic E-state index is 12.2. The lowest BCUT2D eigenvalue weighted by molar-refractivity contribution is -0.152. The van der Waals surface area contributed by atoms with Crippen LogP contribution in [0.2, 0.25) is 0 Å². The molecule has 0 radical (unpaired) electrons. The molecule has 2 heterocycles. The Kier molecular flexibility index (Phi) is 3.96. The molecule has 0 aliphatic carbocycles. The first-order chi connectivity index (χ1) is 13.4. The van der Waals surface area contributed by atoms with Gasteiger partial charge in [-0.25, -0.2) is 9.59 Å². The number of carbonyl (C=O) groups excluding carboxylic acids is 2. The number of benzene rings is 2. The summed E-state index contributed by atoms with van der Waals surface area (Å²) < 4.78 is 10.3. The number of esters is 2. The number of hydrogen-bond acceptors (Lipinski definition) is 8. The Morgan fingerprint density at radius 2 is 0.893 bits per heavy atom. The summed E-state index contributed by atoms with van der Waals surface area (Å²) in [6, 6.07) is 11.0. The largest absolute Gasteiger partial charge is 0.508 e. The first-order valence-corrected chi connectivity index (χ1v) is 8.24. The van der Waals surface area contributed by atoms with Gasteiger partial charge in [0.15, 0.2) is 11.5 Å². The molecule has 28 heavy (non-hydrogen) atoms. The zero-order chi connectivity index (χ0) is 20.0. The number of ether oxygens (including phenoxy) is 2. The van der Waals surface area contributed by atoms with Gasteiger partial charge in [0, 0.05) is 0 Å². The van der Waals surface area contributed by atoms with Crippen molar-refractivity contribution in [1.29, 1.82) is 0 Å². The number of aromatic hydroxyl groups is 2. The van der Waals surface area contributed by atoms with E-state index >= 15 is 0 Å². The third kappa shape index (κ3) is 2.71. The van der Waals surface area contributed by atoms with E-state index in [0.717, 1.165) is 0 Å². The van der Waals surface area contributed by atoms with Crippen LogP contribution in [0.1, 0.15) is 11.1 Å². The van der Waals surface area contributed by atoms with Gasteiger partial charge in [-0.05, 0) is 35.4 Å². The van der Waals surface area contributed by atoms with Gasteiger partial charge in [-0.1, -0.05) is 24.3 Å². The van der Waals surface area contributed by atoms with Crippen molar-refractivity contribution < 1.29 is 39.5 Å². The Morgan fingerprint density at radius 3 is 1.21 bits per heavy atom. The lowest BCUT2D eigenvalue weighted by Gasteiger charge is -2.17. The molecule has 2 atom stereocenters. The van der Waals surface area contributed by atoms with Gasteiger partial charge in [0.25, 0.3) is 0 Å². The zero-order valence-corrected chi connectivity index (χ0v) is 14.2. The zero-order valence-electron chi connectivity index (χ0n) is 14.2. The normalized spacial score (nSPS) is 21.9. The minimum Gasteiger partial charge on any atom is -0.508 e. The maximum Gasteiger partial charge on any atom is 0.343 e. The third-order valence-corrected chi connectivity index (χ3v) is 4.51. The maximum atomic E-state index is 12.2. The van der Waals surface area contributed by atoms with Crippen molar-refractivity contribution in [3.63, 3.8) is 0 Å². The molecule has 142 valence electrons. The number of rotatable bonds is 3. The van der Waals surface area contributed by atoms with E-state index in [2.05, 4.69) is 0 Å². The van der Waals surface area contributed by atoms with E-state index in [1.165, 1.54) is 48.5 Å². The molecule has 0 aromatic heterocycles. The van der Waals surface area contributed by atoms with Crippen LogP contribution in [0, 0.1) is 0 Å². The topological polar surface area (TPSA) is 134 Å². The van der Waals surface area contributed by atoms with Crippen LogP contribution >= 0.6 is 0 Å². The molecule has 0 saturated carbocycles. The van der Waals surface area contributed by atoms with Crippen LogP contribution in [-0.4, -0.2) is 44.6 Å². The van der Waals surface area contributed by atoms with E-state index in [0.29, 0.717) is 11.1 Å². The highest BCUT2D eigenvalue weighted by Gasteiger charge is 2.48. The lowest BCUT2D eigenvalue weighted by atomic mass is 10.00. The highest BCUT2D eigenvalue weighted by atomic mass is 16.6. The minimum absolute atomic E-state index is 0.0180. The second-order valence-electron chi connectivity index (χ2n) is 6.27. The number of aliphatic hydroxyl groups excluding tert-OH is 2. The molecule has 2 aliphatic rings. The number of carbonyl (C=O) groups is 2. The fourth-order valence-corrected chi connectivity index (χ4v) is 3.15. The van der Waals surface area contributed by atoms with Gasteiger partial charge in [0.2, 0.25) is 12.2 Å². The Morgan fingerprint density at radius 1 is 0.571 bits per heavy atom. The summed E-state index contributed by atoms with van der Waals surface area (Å²) in [7, 11) is 0. The smallest absolute Gasteiger partial charge is 0.343 e. The van der Waals surface area contributed by atoms with Crippen molar-refractivity contribution in [2.45, 2.75) is 12.2 Å². The molecule has 0 fully saturated rings. The Balaban J connectivity index is 1.71. The second-order valence-corrected chi connectivity index (χ2v) is 6.27. The summed E-state index contributed by atoms with van der Waals surface area (Å²) in [6.45, 7) is 0. The molecule has 2 aliphatic heterocycles. The summed E-state index contributed by atoms with van der Waals surface area (Å²) >= 11 is 0. The first kappa shape index (κ1) is 17.5. The van der Waals surface area contributed by atoms with Crippen LogP contribution in [0.3, 0.4) is 0 Å². The molecule has 0 saturated heterocycles. The molecule has 8 nitrogen and oxygen atoms in total. The molecule has 4 rings (SSSR count).